The summed E-state index contributed by atoms with van der Waals surface area (Å²) in [7, 11) is 0. The first-order chi connectivity index (χ1) is 11.7. The van der Waals surface area contributed by atoms with E-state index in [0.29, 0.717) is 18.9 Å². The standard InChI is InChI=1S/C19H26N2O3/c1-2-24-16-9-11-21(12-10-16)18(22)8-7-15-13-14-5-3-4-6-17(14)20-19(15)23/h3-6,15-16H,2,7-13H2,1H3,(H,20,23)/t15-/m0/s1. The van der Waals surface area contributed by atoms with Gasteiger partial charge in [-0.25, -0.2) is 0 Å². The number of ether oxygens (including phenoxy) is 1. The SMILES string of the molecule is CCOC1CCN(C(=O)CC[C@H]2Cc3ccccc3NC2=O)CC1. The number of fused-ring (bicyclic) bond motifs is 1. The van der Waals surface area contributed by atoms with Crippen LogP contribution in [-0.4, -0.2) is 42.5 Å². The lowest BCUT2D eigenvalue weighted by Crippen LogP contribution is -2.41. The van der Waals surface area contributed by atoms with E-state index in [2.05, 4.69) is 5.32 Å². The maximum atomic E-state index is 12.4. The Labute approximate surface area is 143 Å². The van der Waals surface area contributed by atoms with Gasteiger partial charge in [-0.2, -0.15) is 0 Å². The highest BCUT2D eigenvalue weighted by Gasteiger charge is 2.28. The van der Waals surface area contributed by atoms with Crippen LogP contribution in [0.3, 0.4) is 0 Å². The molecule has 1 atom stereocenters. The van der Waals surface area contributed by atoms with Crippen LogP contribution in [0.5, 0.6) is 0 Å². The fourth-order valence-corrected chi connectivity index (χ4v) is 3.61. The molecular weight excluding hydrogens is 304 g/mol. The van der Waals surface area contributed by atoms with Crippen LogP contribution in [-0.2, 0) is 20.7 Å². The summed E-state index contributed by atoms with van der Waals surface area (Å²) in [6, 6.07) is 7.88. The van der Waals surface area contributed by atoms with Gasteiger partial charge in [0.05, 0.1) is 6.10 Å². The summed E-state index contributed by atoms with van der Waals surface area (Å²) >= 11 is 0. The van der Waals surface area contributed by atoms with Gasteiger partial charge in [-0.3, -0.25) is 9.59 Å². The van der Waals surface area contributed by atoms with Gasteiger partial charge in [-0.05, 0) is 44.2 Å². The third-order valence-corrected chi connectivity index (χ3v) is 5.02. The molecule has 0 aromatic heterocycles. The normalized spacial score (nSPS) is 21.3. The molecule has 2 amide bonds. The predicted molar refractivity (Wildman–Crippen MR) is 92.7 cm³/mol. The molecule has 5 nitrogen and oxygen atoms in total. The molecule has 5 heteroatoms. The van der Waals surface area contributed by atoms with Gasteiger partial charge < -0.3 is 15.0 Å². The molecule has 1 aromatic carbocycles. The summed E-state index contributed by atoms with van der Waals surface area (Å²) in [5.41, 5.74) is 2.06. The third kappa shape index (κ3) is 3.96. The van der Waals surface area contributed by atoms with E-state index in [9.17, 15) is 9.59 Å². The summed E-state index contributed by atoms with van der Waals surface area (Å²) in [5, 5.41) is 2.95. The van der Waals surface area contributed by atoms with Crippen LogP contribution >= 0.6 is 0 Å². The molecule has 0 aliphatic carbocycles. The van der Waals surface area contributed by atoms with Gasteiger partial charge in [0.25, 0.3) is 0 Å². The Morgan fingerprint density at radius 2 is 2.04 bits per heavy atom. The summed E-state index contributed by atoms with van der Waals surface area (Å²) in [5.74, 6) is 0.0953. The van der Waals surface area contributed by atoms with E-state index >= 15 is 0 Å². The van der Waals surface area contributed by atoms with Crippen molar-refractivity contribution in [2.45, 2.75) is 45.1 Å². The van der Waals surface area contributed by atoms with Crippen LogP contribution in [0.15, 0.2) is 24.3 Å². The number of hydrogen-bond acceptors (Lipinski definition) is 3. The summed E-state index contributed by atoms with van der Waals surface area (Å²) in [6.45, 7) is 4.27. The van der Waals surface area contributed by atoms with E-state index in [1.807, 2.05) is 36.1 Å². The van der Waals surface area contributed by atoms with Crippen LogP contribution < -0.4 is 5.32 Å². The van der Waals surface area contributed by atoms with Gasteiger partial charge in [-0.1, -0.05) is 18.2 Å². The molecule has 1 N–H and O–H groups in total. The second-order valence-electron chi connectivity index (χ2n) is 6.62. The lowest BCUT2D eigenvalue weighted by molar-refractivity contribution is -0.134. The average molecular weight is 330 g/mol. The first kappa shape index (κ1) is 17.0. The van der Waals surface area contributed by atoms with Gasteiger partial charge in [0, 0.05) is 37.7 Å². The molecular formula is C19H26N2O3. The molecule has 2 heterocycles. The average Bonchev–Trinajstić information content (AvgIpc) is 2.60. The van der Waals surface area contributed by atoms with Crippen molar-refractivity contribution in [3.05, 3.63) is 29.8 Å². The van der Waals surface area contributed by atoms with Crippen molar-refractivity contribution < 1.29 is 14.3 Å². The van der Waals surface area contributed by atoms with Crippen LogP contribution in [0.25, 0.3) is 0 Å². The van der Waals surface area contributed by atoms with Crippen LogP contribution in [0.2, 0.25) is 0 Å². The summed E-state index contributed by atoms with van der Waals surface area (Å²) in [6.07, 6.45) is 3.90. The zero-order valence-corrected chi connectivity index (χ0v) is 14.3. The number of rotatable bonds is 5. The number of hydrogen-bond donors (Lipinski definition) is 1. The van der Waals surface area contributed by atoms with Gasteiger partial charge in [0.2, 0.25) is 11.8 Å². The van der Waals surface area contributed by atoms with E-state index in [4.69, 9.17) is 4.74 Å². The quantitative estimate of drug-likeness (QED) is 0.903. The van der Waals surface area contributed by atoms with Crippen molar-refractivity contribution in [1.82, 2.24) is 4.90 Å². The lowest BCUT2D eigenvalue weighted by Gasteiger charge is -2.32. The van der Waals surface area contributed by atoms with Crippen molar-refractivity contribution in [2.75, 3.05) is 25.0 Å². The van der Waals surface area contributed by atoms with E-state index in [1.165, 1.54) is 0 Å². The molecule has 0 spiro atoms. The van der Waals surface area contributed by atoms with Crippen LogP contribution in [0.1, 0.15) is 38.2 Å². The molecule has 2 aliphatic heterocycles. The van der Waals surface area contributed by atoms with Crippen molar-refractivity contribution >= 4 is 17.5 Å². The fraction of sp³-hybridized carbons (Fsp3) is 0.579. The molecule has 0 unspecified atom stereocenters. The van der Waals surface area contributed by atoms with Crippen molar-refractivity contribution in [3.8, 4) is 0 Å². The molecule has 1 fully saturated rings. The molecule has 130 valence electrons. The van der Waals surface area contributed by atoms with Crippen molar-refractivity contribution in [2.24, 2.45) is 5.92 Å². The van der Waals surface area contributed by atoms with Gasteiger partial charge in [0.15, 0.2) is 0 Å². The van der Waals surface area contributed by atoms with Crippen molar-refractivity contribution in [3.63, 3.8) is 0 Å². The van der Waals surface area contributed by atoms with Crippen molar-refractivity contribution in [1.29, 1.82) is 0 Å². The minimum absolute atomic E-state index is 0.0385. The Bertz CT molecular complexity index is 594. The number of nitrogens with one attached hydrogen (secondary N) is 1. The Kier molecular flexibility index (Phi) is 5.51. The second-order valence-corrected chi connectivity index (χ2v) is 6.62. The molecule has 1 aromatic rings. The number of para-hydroxylation sites is 1. The third-order valence-electron chi connectivity index (χ3n) is 5.02. The first-order valence-corrected chi connectivity index (χ1v) is 8.95. The highest BCUT2D eigenvalue weighted by Crippen LogP contribution is 2.28. The number of likely N-dealkylation sites (tertiary alicyclic amines) is 1. The number of amides is 2. The number of carbonyl (C=O) groups is 2. The Morgan fingerprint density at radius 3 is 2.79 bits per heavy atom. The minimum atomic E-state index is -0.107. The van der Waals surface area contributed by atoms with Crippen LogP contribution in [0.4, 0.5) is 5.69 Å². The zero-order chi connectivity index (χ0) is 16.9. The zero-order valence-electron chi connectivity index (χ0n) is 14.3. The molecule has 24 heavy (non-hydrogen) atoms. The summed E-state index contributed by atoms with van der Waals surface area (Å²) < 4.78 is 5.62. The van der Waals surface area contributed by atoms with Gasteiger partial charge >= 0.3 is 0 Å². The molecule has 1 saturated heterocycles. The maximum absolute atomic E-state index is 12.4. The number of carbonyl (C=O) groups excluding carboxylic acids is 2. The largest absolute Gasteiger partial charge is 0.378 e. The number of piperidine rings is 1. The van der Waals surface area contributed by atoms with E-state index in [0.717, 1.165) is 50.2 Å². The highest BCUT2D eigenvalue weighted by atomic mass is 16.5. The molecule has 0 bridgehead atoms. The molecule has 2 aliphatic rings. The topological polar surface area (TPSA) is 58.6 Å². The lowest BCUT2D eigenvalue weighted by atomic mass is 9.89. The number of nitrogens with zero attached hydrogens (tertiary/aromatic N) is 1. The minimum Gasteiger partial charge on any atom is -0.378 e. The van der Waals surface area contributed by atoms with E-state index < -0.39 is 0 Å². The maximum Gasteiger partial charge on any atom is 0.227 e. The molecule has 0 radical (unpaired) electrons. The second kappa shape index (κ2) is 7.79. The molecule has 0 saturated carbocycles. The van der Waals surface area contributed by atoms with Crippen LogP contribution in [0, 0.1) is 5.92 Å². The number of anilines is 1. The highest BCUT2D eigenvalue weighted by molar-refractivity contribution is 5.96. The fourth-order valence-electron chi connectivity index (χ4n) is 3.61. The van der Waals surface area contributed by atoms with E-state index in [1.54, 1.807) is 0 Å². The monoisotopic (exact) mass is 330 g/mol. The Balaban J connectivity index is 1.48. The Hall–Kier alpha value is -1.88. The summed E-state index contributed by atoms with van der Waals surface area (Å²) in [4.78, 5) is 26.5. The number of benzene rings is 1. The van der Waals surface area contributed by atoms with Gasteiger partial charge in [-0.15, -0.1) is 0 Å². The van der Waals surface area contributed by atoms with Gasteiger partial charge in [0.1, 0.15) is 0 Å². The molecule has 3 rings (SSSR count). The first-order valence-electron chi connectivity index (χ1n) is 8.95. The predicted octanol–water partition coefficient (Wildman–Crippen LogP) is 2.61. The smallest absolute Gasteiger partial charge is 0.227 e. The Morgan fingerprint density at radius 1 is 1.29 bits per heavy atom. The van der Waals surface area contributed by atoms with E-state index in [-0.39, 0.29) is 17.7 Å².